The second-order valence-corrected chi connectivity index (χ2v) is 10.1. The number of carbonyl (C=O) groups excluding carboxylic acids is 1. The van der Waals surface area contributed by atoms with Gasteiger partial charge in [-0.15, -0.1) is 11.3 Å². The van der Waals surface area contributed by atoms with Crippen molar-refractivity contribution in [1.29, 1.82) is 0 Å². The van der Waals surface area contributed by atoms with Crippen molar-refractivity contribution in [1.82, 2.24) is 4.98 Å². The molecule has 10 heteroatoms. The lowest BCUT2D eigenvalue weighted by molar-refractivity contribution is -0.137. The van der Waals surface area contributed by atoms with Gasteiger partial charge in [0, 0.05) is 43.6 Å². The predicted molar refractivity (Wildman–Crippen MR) is 141 cm³/mol. The van der Waals surface area contributed by atoms with E-state index in [4.69, 9.17) is 5.73 Å². The standard InChI is InChI=1S/C26H32F3N5OS/c1-17(2)14-23(30)24(35)34(22-12-10-20(11-13-22)32(3)4)15-19-16-36-25(31-19)33(5)21-8-6-18(7-9-21)26(27,28)29/h6-13,16-17,23H,14-15,30H2,1-5H3. The summed E-state index contributed by atoms with van der Waals surface area (Å²) in [6, 6.07) is 11.9. The summed E-state index contributed by atoms with van der Waals surface area (Å²) >= 11 is 1.35. The maximum Gasteiger partial charge on any atom is 0.416 e. The minimum absolute atomic E-state index is 0.188. The Kier molecular flexibility index (Phi) is 8.63. The molecule has 0 aliphatic carbocycles. The van der Waals surface area contributed by atoms with E-state index in [2.05, 4.69) is 4.98 Å². The number of benzene rings is 2. The topological polar surface area (TPSA) is 65.7 Å². The number of carbonyl (C=O) groups is 1. The van der Waals surface area contributed by atoms with Gasteiger partial charge in [0.2, 0.25) is 5.91 Å². The lowest BCUT2D eigenvalue weighted by Crippen LogP contribution is -2.44. The van der Waals surface area contributed by atoms with Crippen LogP contribution in [-0.2, 0) is 17.5 Å². The van der Waals surface area contributed by atoms with Crippen LogP contribution in [0.4, 0.5) is 35.4 Å². The number of aromatic nitrogens is 1. The number of anilines is 4. The van der Waals surface area contributed by atoms with Gasteiger partial charge >= 0.3 is 6.18 Å². The number of alkyl halides is 3. The Bertz CT molecular complexity index is 1140. The third kappa shape index (κ3) is 6.76. The molecule has 0 aliphatic heterocycles. The lowest BCUT2D eigenvalue weighted by Gasteiger charge is -2.26. The first-order chi connectivity index (χ1) is 16.9. The molecule has 1 unspecified atom stereocenters. The number of rotatable bonds is 9. The van der Waals surface area contributed by atoms with Crippen LogP contribution < -0.4 is 20.4 Å². The summed E-state index contributed by atoms with van der Waals surface area (Å²) in [7, 11) is 5.63. The summed E-state index contributed by atoms with van der Waals surface area (Å²) in [5.74, 6) is 0.0807. The van der Waals surface area contributed by atoms with Crippen molar-refractivity contribution in [3.05, 3.63) is 65.2 Å². The summed E-state index contributed by atoms with van der Waals surface area (Å²) in [4.78, 5) is 23.3. The van der Waals surface area contributed by atoms with Crippen LogP contribution in [0.1, 0.15) is 31.5 Å². The van der Waals surface area contributed by atoms with E-state index >= 15 is 0 Å². The van der Waals surface area contributed by atoms with Crippen LogP contribution in [0.15, 0.2) is 53.9 Å². The first-order valence-corrected chi connectivity index (χ1v) is 12.4. The maximum atomic E-state index is 13.3. The summed E-state index contributed by atoms with van der Waals surface area (Å²) in [5, 5.41) is 2.45. The van der Waals surface area contributed by atoms with Crippen molar-refractivity contribution in [2.45, 2.75) is 39.0 Å². The highest BCUT2D eigenvalue weighted by molar-refractivity contribution is 7.13. The molecule has 1 atom stereocenters. The van der Waals surface area contributed by atoms with Gasteiger partial charge in [-0.25, -0.2) is 4.98 Å². The Labute approximate surface area is 214 Å². The van der Waals surface area contributed by atoms with Crippen molar-refractivity contribution in [2.24, 2.45) is 11.7 Å². The zero-order valence-electron chi connectivity index (χ0n) is 21.1. The van der Waals surface area contributed by atoms with Crippen LogP contribution >= 0.6 is 11.3 Å². The molecule has 3 aromatic rings. The van der Waals surface area contributed by atoms with Gasteiger partial charge in [-0.1, -0.05) is 13.8 Å². The van der Waals surface area contributed by atoms with E-state index in [1.165, 1.54) is 23.5 Å². The average Bonchev–Trinajstić information content (AvgIpc) is 3.29. The number of thiazole rings is 1. The second-order valence-electron chi connectivity index (χ2n) is 9.30. The van der Waals surface area contributed by atoms with E-state index in [0.717, 1.165) is 23.5 Å². The smallest absolute Gasteiger partial charge is 0.378 e. The monoisotopic (exact) mass is 519 g/mol. The molecule has 0 saturated carbocycles. The molecule has 6 nitrogen and oxygen atoms in total. The summed E-state index contributed by atoms with van der Waals surface area (Å²) < 4.78 is 38.7. The fourth-order valence-corrected chi connectivity index (χ4v) is 4.51. The Morgan fingerprint density at radius 2 is 1.53 bits per heavy atom. The Morgan fingerprint density at radius 3 is 2.06 bits per heavy atom. The minimum atomic E-state index is -4.39. The van der Waals surface area contributed by atoms with E-state index in [1.54, 1.807) is 16.8 Å². The summed E-state index contributed by atoms with van der Waals surface area (Å²) in [5.41, 5.74) is 8.52. The van der Waals surface area contributed by atoms with Gasteiger partial charge in [0.05, 0.1) is 23.8 Å². The Balaban J connectivity index is 1.84. The van der Waals surface area contributed by atoms with Gasteiger partial charge in [-0.05, 0) is 60.9 Å². The zero-order chi connectivity index (χ0) is 26.6. The fraction of sp³-hybridized carbons (Fsp3) is 0.385. The van der Waals surface area contributed by atoms with Gasteiger partial charge < -0.3 is 20.4 Å². The first kappa shape index (κ1) is 27.5. The van der Waals surface area contributed by atoms with Crippen molar-refractivity contribution in [2.75, 3.05) is 35.8 Å². The molecule has 36 heavy (non-hydrogen) atoms. The van der Waals surface area contributed by atoms with E-state index < -0.39 is 17.8 Å². The number of hydrogen-bond acceptors (Lipinski definition) is 6. The molecule has 0 aliphatic rings. The van der Waals surface area contributed by atoms with Crippen molar-refractivity contribution < 1.29 is 18.0 Å². The van der Waals surface area contributed by atoms with Gasteiger partial charge in [0.25, 0.3) is 0 Å². The quantitative estimate of drug-likeness (QED) is 0.381. The SMILES string of the molecule is CC(C)CC(N)C(=O)N(Cc1csc(N(C)c2ccc(C(F)(F)F)cc2)n1)c1ccc(N(C)C)cc1. The summed E-state index contributed by atoms with van der Waals surface area (Å²) in [6.45, 7) is 4.27. The molecule has 2 aromatic carbocycles. The maximum absolute atomic E-state index is 13.3. The van der Waals surface area contributed by atoms with Gasteiger partial charge in [-0.2, -0.15) is 13.2 Å². The van der Waals surface area contributed by atoms with E-state index in [1.807, 2.05) is 62.5 Å². The highest BCUT2D eigenvalue weighted by Crippen LogP contribution is 2.33. The molecule has 0 fully saturated rings. The second kappa shape index (κ2) is 11.3. The zero-order valence-corrected chi connectivity index (χ0v) is 21.9. The molecule has 1 amide bonds. The van der Waals surface area contributed by atoms with Crippen LogP contribution in [-0.4, -0.2) is 38.1 Å². The van der Waals surface area contributed by atoms with Crippen LogP contribution in [0, 0.1) is 5.92 Å². The highest BCUT2D eigenvalue weighted by Gasteiger charge is 2.30. The molecule has 194 valence electrons. The number of nitrogens with zero attached hydrogens (tertiary/aromatic N) is 4. The normalized spacial score (nSPS) is 12.5. The third-order valence-corrected chi connectivity index (χ3v) is 6.68. The van der Waals surface area contributed by atoms with Crippen molar-refractivity contribution in [3.63, 3.8) is 0 Å². The van der Waals surface area contributed by atoms with Crippen LogP contribution in [0.2, 0.25) is 0 Å². The number of nitrogens with two attached hydrogens (primary N) is 1. The van der Waals surface area contributed by atoms with Crippen LogP contribution in [0.5, 0.6) is 0 Å². The predicted octanol–water partition coefficient (Wildman–Crippen LogP) is 5.90. The van der Waals surface area contributed by atoms with Gasteiger partial charge in [0.1, 0.15) is 0 Å². The molecule has 0 bridgehead atoms. The van der Waals surface area contributed by atoms with Crippen LogP contribution in [0.3, 0.4) is 0 Å². The average molecular weight is 520 g/mol. The molecular weight excluding hydrogens is 487 g/mol. The fourth-order valence-electron chi connectivity index (χ4n) is 3.71. The largest absolute Gasteiger partial charge is 0.416 e. The molecule has 1 heterocycles. The molecule has 2 N–H and O–H groups in total. The van der Waals surface area contributed by atoms with E-state index in [9.17, 15) is 18.0 Å². The van der Waals surface area contributed by atoms with Crippen molar-refractivity contribution in [3.8, 4) is 0 Å². The first-order valence-electron chi connectivity index (χ1n) is 11.6. The molecule has 3 rings (SSSR count). The third-order valence-electron chi connectivity index (χ3n) is 5.71. The van der Waals surface area contributed by atoms with E-state index in [-0.39, 0.29) is 18.4 Å². The number of hydrogen-bond donors (Lipinski definition) is 1. The van der Waals surface area contributed by atoms with Gasteiger partial charge in [0.15, 0.2) is 5.13 Å². The number of amides is 1. The minimum Gasteiger partial charge on any atom is -0.378 e. The molecule has 1 aromatic heterocycles. The highest BCUT2D eigenvalue weighted by atomic mass is 32.1. The Hall–Kier alpha value is -3.11. The molecular formula is C26H32F3N5OS. The van der Waals surface area contributed by atoms with Crippen LogP contribution in [0.25, 0.3) is 0 Å². The van der Waals surface area contributed by atoms with Gasteiger partial charge in [-0.3, -0.25) is 4.79 Å². The molecule has 0 saturated heterocycles. The Morgan fingerprint density at radius 1 is 0.972 bits per heavy atom. The summed E-state index contributed by atoms with van der Waals surface area (Å²) in [6.07, 6.45) is -3.83. The van der Waals surface area contributed by atoms with Crippen molar-refractivity contribution >= 4 is 39.4 Å². The number of halogens is 3. The molecule has 0 spiro atoms. The molecule has 0 radical (unpaired) electrons. The lowest BCUT2D eigenvalue weighted by atomic mass is 10.0. The van der Waals surface area contributed by atoms with E-state index in [0.29, 0.717) is 22.9 Å².